The monoisotopic (exact) mass is 243 g/mol. The fraction of sp³-hybridized carbons (Fsp3) is 0.667. The first-order chi connectivity index (χ1) is 7.65. The van der Waals surface area contributed by atoms with Gasteiger partial charge in [-0.25, -0.2) is 0 Å². The summed E-state index contributed by atoms with van der Waals surface area (Å²) in [5, 5.41) is 12.7. The van der Waals surface area contributed by atoms with Crippen LogP contribution in [0.5, 0.6) is 0 Å². The number of aliphatic hydroxyl groups excluding tert-OH is 1. The van der Waals surface area contributed by atoms with E-state index in [-0.39, 0.29) is 23.3 Å². The Hall–Kier alpha value is -1.14. The van der Waals surface area contributed by atoms with Gasteiger partial charge in [0.2, 0.25) is 17.2 Å². The first kappa shape index (κ1) is 11.3. The van der Waals surface area contributed by atoms with Crippen molar-refractivity contribution in [2.75, 3.05) is 17.6 Å². The second kappa shape index (κ2) is 4.80. The van der Waals surface area contributed by atoms with Crippen LogP contribution in [0.1, 0.15) is 19.3 Å². The van der Waals surface area contributed by atoms with E-state index in [1.165, 1.54) is 0 Å². The van der Waals surface area contributed by atoms with Crippen LogP contribution in [0, 0.1) is 5.92 Å². The van der Waals surface area contributed by atoms with E-state index in [0.717, 1.165) is 19.3 Å². The smallest absolute Gasteiger partial charge is 0.228 e. The molecule has 0 saturated heterocycles. The third kappa shape index (κ3) is 2.70. The first-order valence-corrected chi connectivity index (χ1v) is 5.62. The quantitative estimate of drug-likeness (QED) is 0.722. The van der Waals surface area contributed by atoms with E-state index in [4.69, 9.17) is 17.3 Å². The fourth-order valence-corrected chi connectivity index (χ4v) is 2.09. The molecular formula is C9H14ClN5O. The molecule has 1 aromatic rings. The molecular weight excluding hydrogens is 230 g/mol. The molecule has 0 radical (unpaired) electrons. The molecule has 0 spiro atoms. The van der Waals surface area contributed by atoms with Crippen molar-refractivity contribution in [3.8, 4) is 0 Å². The summed E-state index contributed by atoms with van der Waals surface area (Å²) in [6.07, 6.45) is 2.71. The Labute approximate surface area is 98.3 Å². The summed E-state index contributed by atoms with van der Waals surface area (Å²) in [4.78, 5) is 11.4. The second-order valence-electron chi connectivity index (χ2n) is 3.93. The molecule has 0 bridgehead atoms. The number of halogens is 1. The summed E-state index contributed by atoms with van der Waals surface area (Å²) >= 11 is 5.64. The lowest BCUT2D eigenvalue weighted by Crippen LogP contribution is -2.23. The van der Waals surface area contributed by atoms with Crippen LogP contribution in [-0.2, 0) is 0 Å². The Kier molecular flexibility index (Phi) is 3.40. The van der Waals surface area contributed by atoms with Crippen LogP contribution in [0.25, 0.3) is 0 Å². The third-order valence-electron chi connectivity index (χ3n) is 2.77. The van der Waals surface area contributed by atoms with Gasteiger partial charge in [-0.15, -0.1) is 0 Å². The number of hydrogen-bond acceptors (Lipinski definition) is 6. The number of anilines is 2. The molecule has 16 heavy (non-hydrogen) atoms. The second-order valence-corrected chi connectivity index (χ2v) is 4.26. The number of nitrogens with zero attached hydrogens (tertiary/aromatic N) is 3. The lowest BCUT2D eigenvalue weighted by molar-refractivity contribution is 0.138. The summed E-state index contributed by atoms with van der Waals surface area (Å²) in [6, 6.07) is 0. The standard InChI is InChI=1S/C9H14ClN5O/c10-7-13-8(11)15-9(14-7)12-4-5-2-1-3-6(5)16/h5-6,16H,1-4H2,(H3,11,12,13,14,15). The van der Waals surface area contributed by atoms with Gasteiger partial charge < -0.3 is 16.2 Å². The van der Waals surface area contributed by atoms with Crippen LogP contribution >= 0.6 is 11.6 Å². The van der Waals surface area contributed by atoms with E-state index in [1.807, 2.05) is 0 Å². The molecule has 1 saturated carbocycles. The van der Waals surface area contributed by atoms with Gasteiger partial charge in [-0.3, -0.25) is 0 Å². The van der Waals surface area contributed by atoms with Crippen molar-refractivity contribution < 1.29 is 5.11 Å². The lowest BCUT2D eigenvalue weighted by atomic mass is 10.1. The highest BCUT2D eigenvalue weighted by atomic mass is 35.5. The zero-order valence-electron chi connectivity index (χ0n) is 8.73. The summed E-state index contributed by atoms with van der Waals surface area (Å²) in [5.74, 6) is 0.697. The number of hydrogen-bond donors (Lipinski definition) is 3. The fourth-order valence-electron chi connectivity index (χ4n) is 1.92. The minimum Gasteiger partial charge on any atom is -0.393 e. The molecule has 0 aliphatic heterocycles. The highest BCUT2D eigenvalue weighted by Gasteiger charge is 2.24. The van der Waals surface area contributed by atoms with Crippen LogP contribution < -0.4 is 11.1 Å². The zero-order chi connectivity index (χ0) is 11.5. The predicted octanol–water partition coefficient (Wildman–Crippen LogP) is 0.680. The van der Waals surface area contributed by atoms with Gasteiger partial charge in [0.25, 0.3) is 0 Å². The van der Waals surface area contributed by atoms with Gasteiger partial charge in [-0.05, 0) is 24.4 Å². The summed E-state index contributed by atoms with van der Waals surface area (Å²) in [7, 11) is 0. The van der Waals surface area contributed by atoms with Crippen LogP contribution in [0.15, 0.2) is 0 Å². The molecule has 1 fully saturated rings. The van der Waals surface area contributed by atoms with Crippen molar-refractivity contribution in [2.45, 2.75) is 25.4 Å². The molecule has 7 heteroatoms. The van der Waals surface area contributed by atoms with Crippen molar-refractivity contribution in [1.82, 2.24) is 15.0 Å². The van der Waals surface area contributed by atoms with Gasteiger partial charge in [-0.2, -0.15) is 15.0 Å². The third-order valence-corrected chi connectivity index (χ3v) is 2.94. The highest BCUT2D eigenvalue weighted by Crippen LogP contribution is 2.25. The highest BCUT2D eigenvalue weighted by molar-refractivity contribution is 6.28. The molecule has 4 N–H and O–H groups in total. The van der Waals surface area contributed by atoms with Gasteiger partial charge in [0, 0.05) is 12.5 Å². The molecule has 2 atom stereocenters. The molecule has 1 aromatic heterocycles. The van der Waals surface area contributed by atoms with Crippen LogP contribution in [0.2, 0.25) is 5.28 Å². The Morgan fingerprint density at radius 2 is 2.19 bits per heavy atom. The van der Waals surface area contributed by atoms with E-state index < -0.39 is 0 Å². The van der Waals surface area contributed by atoms with Gasteiger partial charge in [-0.1, -0.05) is 6.42 Å². The van der Waals surface area contributed by atoms with Crippen LogP contribution in [0.3, 0.4) is 0 Å². The Morgan fingerprint density at radius 3 is 2.81 bits per heavy atom. The van der Waals surface area contributed by atoms with E-state index in [1.54, 1.807) is 0 Å². The van der Waals surface area contributed by atoms with Crippen LogP contribution in [0.4, 0.5) is 11.9 Å². The van der Waals surface area contributed by atoms with Crippen molar-refractivity contribution in [2.24, 2.45) is 5.92 Å². The lowest BCUT2D eigenvalue weighted by Gasteiger charge is -2.14. The Morgan fingerprint density at radius 1 is 1.38 bits per heavy atom. The number of nitrogens with one attached hydrogen (secondary N) is 1. The Bertz CT molecular complexity index is 355. The average Bonchev–Trinajstić information content (AvgIpc) is 2.59. The zero-order valence-corrected chi connectivity index (χ0v) is 9.48. The average molecular weight is 244 g/mol. The maximum absolute atomic E-state index is 9.63. The van der Waals surface area contributed by atoms with E-state index in [0.29, 0.717) is 12.5 Å². The van der Waals surface area contributed by atoms with Crippen molar-refractivity contribution >= 4 is 23.5 Å². The van der Waals surface area contributed by atoms with E-state index in [2.05, 4.69) is 20.3 Å². The number of aliphatic hydroxyl groups is 1. The molecule has 1 heterocycles. The van der Waals surface area contributed by atoms with Gasteiger partial charge in [0.05, 0.1) is 6.10 Å². The minimum atomic E-state index is -0.234. The number of aromatic nitrogens is 3. The maximum Gasteiger partial charge on any atom is 0.228 e. The molecule has 0 aromatic carbocycles. The largest absolute Gasteiger partial charge is 0.393 e. The molecule has 1 aliphatic carbocycles. The summed E-state index contributed by atoms with van der Waals surface area (Å²) in [5.41, 5.74) is 5.43. The van der Waals surface area contributed by atoms with Gasteiger partial charge in [0.15, 0.2) is 0 Å². The minimum absolute atomic E-state index is 0.0713. The van der Waals surface area contributed by atoms with Gasteiger partial charge in [0.1, 0.15) is 0 Å². The Balaban J connectivity index is 1.94. The van der Waals surface area contributed by atoms with Gasteiger partial charge >= 0.3 is 0 Å². The van der Waals surface area contributed by atoms with E-state index >= 15 is 0 Å². The number of nitrogen functional groups attached to an aromatic ring is 1. The van der Waals surface area contributed by atoms with Crippen molar-refractivity contribution in [3.63, 3.8) is 0 Å². The SMILES string of the molecule is Nc1nc(Cl)nc(NCC2CCCC2O)n1. The van der Waals surface area contributed by atoms with E-state index in [9.17, 15) is 5.11 Å². The number of rotatable bonds is 3. The molecule has 88 valence electrons. The molecule has 1 aliphatic rings. The molecule has 2 rings (SSSR count). The first-order valence-electron chi connectivity index (χ1n) is 5.24. The normalized spacial score (nSPS) is 24.6. The van der Waals surface area contributed by atoms with Crippen LogP contribution in [-0.4, -0.2) is 32.7 Å². The van der Waals surface area contributed by atoms with Crippen molar-refractivity contribution in [1.29, 1.82) is 0 Å². The molecule has 0 amide bonds. The topological polar surface area (TPSA) is 97.0 Å². The number of nitrogens with two attached hydrogens (primary N) is 1. The molecule has 6 nitrogen and oxygen atoms in total. The summed E-state index contributed by atoms with van der Waals surface area (Å²) < 4.78 is 0. The predicted molar refractivity (Wildman–Crippen MR) is 61.1 cm³/mol. The van der Waals surface area contributed by atoms with Crippen molar-refractivity contribution in [3.05, 3.63) is 5.28 Å². The maximum atomic E-state index is 9.63. The molecule has 2 unspecified atom stereocenters. The summed E-state index contributed by atoms with van der Waals surface area (Å²) in [6.45, 7) is 0.626.